The Morgan fingerprint density at radius 1 is 1.19 bits per heavy atom. The summed E-state index contributed by atoms with van der Waals surface area (Å²) in [4.78, 5) is 18.2. The van der Waals surface area contributed by atoms with Crippen LogP contribution in [0.4, 0.5) is 13.2 Å². The number of amides is 1. The Balaban J connectivity index is 0.000000519. The fraction of sp³-hybridized carbons (Fsp3) is 0.750. The summed E-state index contributed by atoms with van der Waals surface area (Å²) in [6.07, 6.45) is 0.858. The van der Waals surface area contributed by atoms with E-state index in [4.69, 9.17) is 0 Å². The first-order valence-electron chi connectivity index (χ1n) is 11.3. The van der Waals surface area contributed by atoms with Gasteiger partial charge < -0.3 is 10.2 Å². The van der Waals surface area contributed by atoms with Gasteiger partial charge >= 0.3 is 6.18 Å². The topological polar surface area (TPSA) is 45.2 Å². The fourth-order valence-corrected chi connectivity index (χ4v) is 3.50. The largest absolute Gasteiger partial charge is 0.417 e. The molecule has 1 aliphatic carbocycles. The minimum Gasteiger partial charge on any atom is -0.338 e. The molecule has 1 amide bonds. The molecule has 2 aliphatic rings. The van der Waals surface area contributed by atoms with E-state index >= 15 is 0 Å². The van der Waals surface area contributed by atoms with Gasteiger partial charge in [-0.1, -0.05) is 48.0 Å². The van der Waals surface area contributed by atoms with Gasteiger partial charge in [-0.05, 0) is 43.4 Å². The number of fused-ring (bicyclic) bond motifs is 1. The first kappa shape index (κ1) is 27.4. The maximum atomic E-state index is 12.8. The smallest absolute Gasteiger partial charge is 0.338 e. The first-order valence-corrected chi connectivity index (χ1v) is 11.3. The molecule has 2 atom stereocenters. The van der Waals surface area contributed by atoms with Crippen molar-refractivity contribution in [1.29, 1.82) is 0 Å². The first-order chi connectivity index (χ1) is 14.3. The third-order valence-electron chi connectivity index (χ3n) is 4.87. The van der Waals surface area contributed by atoms with Crippen LogP contribution in [0.5, 0.6) is 0 Å². The molecule has 1 fully saturated rings. The molecular formula is C24H40F3N3O. The van der Waals surface area contributed by atoms with Gasteiger partial charge in [0.05, 0.1) is 5.56 Å². The third kappa shape index (κ3) is 9.58. The number of nitrogens with one attached hydrogen (secondary N) is 1. The number of hydrogen-bond donors (Lipinski definition) is 1. The molecule has 2 unspecified atom stereocenters. The van der Waals surface area contributed by atoms with Crippen LogP contribution in [0.15, 0.2) is 12.3 Å². The van der Waals surface area contributed by atoms with Crippen molar-refractivity contribution in [2.24, 2.45) is 11.3 Å². The molecule has 31 heavy (non-hydrogen) atoms. The van der Waals surface area contributed by atoms with Crippen molar-refractivity contribution in [3.63, 3.8) is 0 Å². The molecule has 0 bridgehead atoms. The zero-order valence-corrected chi connectivity index (χ0v) is 20.2. The van der Waals surface area contributed by atoms with Crippen molar-refractivity contribution in [3.8, 4) is 0 Å². The molecule has 0 aromatic carbocycles. The summed E-state index contributed by atoms with van der Waals surface area (Å²) in [5, 5.41) is 3.19. The lowest BCUT2D eigenvalue weighted by molar-refractivity contribution is -0.137. The molecule has 2 heterocycles. The van der Waals surface area contributed by atoms with E-state index in [0.29, 0.717) is 35.7 Å². The van der Waals surface area contributed by atoms with E-state index in [1.54, 1.807) is 4.90 Å². The van der Waals surface area contributed by atoms with Crippen LogP contribution in [0.2, 0.25) is 0 Å². The van der Waals surface area contributed by atoms with Crippen LogP contribution < -0.4 is 5.32 Å². The van der Waals surface area contributed by atoms with Crippen molar-refractivity contribution in [3.05, 3.63) is 29.1 Å². The zero-order valence-electron chi connectivity index (χ0n) is 20.2. The normalized spacial score (nSPS) is 20.8. The number of aromatic nitrogens is 1. The standard InChI is InChI=1S/C16H20F3N3O.C5H12.C3H8/c1-20-13-3-2-10(7-13)15(23)22-5-4-14-11(9-22)6-12(8-21-14)16(17,18)19;1-5(2,3)4;1-3-2/h6,8,10,13,20H,2-5,7,9H2,1H3;1-4H3;3H2,1-2H3. The van der Waals surface area contributed by atoms with E-state index in [9.17, 15) is 18.0 Å². The highest BCUT2D eigenvalue weighted by Gasteiger charge is 2.35. The lowest BCUT2D eigenvalue weighted by Gasteiger charge is -2.30. The maximum absolute atomic E-state index is 12.8. The molecule has 7 heteroatoms. The van der Waals surface area contributed by atoms with E-state index in [0.717, 1.165) is 31.5 Å². The summed E-state index contributed by atoms with van der Waals surface area (Å²) in [6.45, 7) is 13.8. The number of carbonyl (C=O) groups excluding carboxylic acids is 1. The second kappa shape index (κ2) is 11.8. The molecular weight excluding hydrogens is 403 g/mol. The van der Waals surface area contributed by atoms with E-state index in [1.165, 1.54) is 6.42 Å². The van der Waals surface area contributed by atoms with Gasteiger partial charge in [-0.15, -0.1) is 0 Å². The lowest BCUT2D eigenvalue weighted by atomic mass is 10.00. The quantitative estimate of drug-likeness (QED) is 0.624. The minimum absolute atomic E-state index is 0.0206. The van der Waals surface area contributed by atoms with Gasteiger partial charge in [-0.25, -0.2) is 0 Å². The number of carbonyl (C=O) groups is 1. The van der Waals surface area contributed by atoms with Gasteiger partial charge in [-0.3, -0.25) is 9.78 Å². The molecule has 1 aliphatic heterocycles. The molecule has 1 aromatic heterocycles. The molecule has 0 spiro atoms. The predicted molar refractivity (Wildman–Crippen MR) is 120 cm³/mol. The van der Waals surface area contributed by atoms with Crippen molar-refractivity contribution < 1.29 is 18.0 Å². The predicted octanol–water partition coefficient (Wildman–Crippen LogP) is 5.84. The van der Waals surface area contributed by atoms with E-state index in [-0.39, 0.29) is 18.4 Å². The number of nitrogens with zero attached hydrogens (tertiary/aromatic N) is 2. The summed E-state index contributed by atoms with van der Waals surface area (Å²) < 4.78 is 38.4. The molecule has 4 nitrogen and oxygen atoms in total. The van der Waals surface area contributed by atoms with Crippen LogP contribution in [0.1, 0.15) is 84.0 Å². The average molecular weight is 444 g/mol. The van der Waals surface area contributed by atoms with Gasteiger partial charge in [0.1, 0.15) is 0 Å². The second-order valence-electron chi connectivity index (χ2n) is 10.0. The highest BCUT2D eigenvalue weighted by molar-refractivity contribution is 5.79. The van der Waals surface area contributed by atoms with E-state index < -0.39 is 11.7 Å². The molecule has 3 rings (SSSR count). The number of hydrogen-bond acceptors (Lipinski definition) is 3. The summed E-state index contributed by atoms with van der Waals surface area (Å²) in [7, 11) is 1.89. The Morgan fingerprint density at radius 3 is 2.26 bits per heavy atom. The van der Waals surface area contributed by atoms with Crippen molar-refractivity contribution in [2.75, 3.05) is 13.6 Å². The highest BCUT2D eigenvalue weighted by Crippen LogP contribution is 2.32. The third-order valence-corrected chi connectivity index (χ3v) is 4.87. The fourth-order valence-electron chi connectivity index (χ4n) is 3.50. The Labute approximate surface area is 186 Å². The van der Waals surface area contributed by atoms with Gasteiger partial charge in [0.15, 0.2) is 0 Å². The molecule has 0 saturated heterocycles. The molecule has 1 N–H and O–H groups in total. The number of alkyl halides is 3. The average Bonchev–Trinajstić information content (AvgIpc) is 3.14. The number of rotatable bonds is 2. The number of halogens is 3. The Bertz CT molecular complexity index is 692. The van der Waals surface area contributed by atoms with Crippen LogP contribution in [-0.4, -0.2) is 35.4 Å². The van der Waals surface area contributed by atoms with Crippen molar-refractivity contribution >= 4 is 5.91 Å². The van der Waals surface area contributed by atoms with Gasteiger partial charge in [-0.2, -0.15) is 13.2 Å². The van der Waals surface area contributed by atoms with Crippen LogP contribution >= 0.6 is 0 Å². The summed E-state index contributed by atoms with van der Waals surface area (Å²) in [5.41, 5.74) is 0.936. The van der Waals surface area contributed by atoms with Gasteiger partial charge in [0.2, 0.25) is 5.91 Å². The SMILES string of the molecule is CC(C)(C)C.CCC.CNC1CCC(C(=O)N2CCc3ncc(C(F)(F)F)cc3C2)C1. The molecule has 178 valence electrons. The Hall–Kier alpha value is -1.63. The Kier molecular flexibility index (Phi) is 10.5. The summed E-state index contributed by atoms with van der Waals surface area (Å²) in [5.74, 6) is 0.0403. The van der Waals surface area contributed by atoms with Crippen molar-refractivity contribution in [1.82, 2.24) is 15.2 Å². The molecule has 1 aromatic rings. The zero-order chi connectivity index (χ0) is 23.8. The monoisotopic (exact) mass is 443 g/mol. The van der Waals surface area contributed by atoms with Crippen LogP contribution in [0.25, 0.3) is 0 Å². The van der Waals surface area contributed by atoms with Gasteiger partial charge in [0, 0.05) is 43.4 Å². The molecule has 1 saturated carbocycles. The summed E-state index contributed by atoms with van der Waals surface area (Å²) in [6, 6.07) is 1.49. The van der Waals surface area contributed by atoms with E-state index in [2.05, 4.69) is 51.8 Å². The van der Waals surface area contributed by atoms with Gasteiger partial charge in [0.25, 0.3) is 0 Å². The van der Waals surface area contributed by atoms with Crippen LogP contribution in [-0.2, 0) is 23.9 Å². The van der Waals surface area contributed by atoms with Crippen LogP contribution in [0, 0.1) is 11.3 Å². The molecule has 0 radical (unpaired) electrons. The van der Waals surface area contributed by atoms with Crippen LogP contribution in [0.3, 0.4) is 0 Å². The number of pyridine rings is 1. The minimum atomic E-state index is -4.40. The summed E-state index contributed by atoms with van der Waals surface area (Å²) >= 11 is 0. The second-order valence-corrected chi connectivity index (χ2v) is 10.0. The lowest BCUT2D eigenvalue weighted by Crippen LogP contribution is -2.40. The van der Waals surface area contributed by atoms with Crippen molar-refractivity contribution in [2.45, 2.75) is 92.4 Å². The Morgan fingerprint density at radius 2 is 1.77 bits per heavy atom. The highest BCUT2D eigenvalue weighted by atomic mass is 19.4. The van der Waals surface area contributed by atoms with E-state index in [1.807, 2.05) is 7.05 Å². The maximum Gasteiger partial charge on any atom is 0.417 e.